The summed E-state index contributed by atoms with van der Waals surface area (Å²) in [6.07, 6.45) is 58.3. The van der Waals surface area contributed by atoms with Crippen molar-refractivity contribution in [2.75, 3.05) is 0 Å². The summed E-state index contributed by atoms with van der Waals surface area (Å²) >= 11 is 0. The van der Waals surface area contributed by atoms with Gasteiger partial charge in [0.2, 0.25) is 0 Å². The highest BCUT2D eigenvalue weighted by Gasteiger charge is 2.38. The van der Waals surface area contributed by atoms with Crippen LogP contribution in [0.25, 0.3) is 33.4 Å². The van der Waals surface area contributed by atoms with Crippen LogP contribution >= 0.6 is 7.82 Å². The molecule has 5 heteroatoms. The van der Waals surface area contributed by atoms with E-state index in [4.69, 9.17) is 13.6 Å². The molecule has 0 radical (unpaired) electrons. The summed E-state index contributed by atoms with van der Waals surface area (Å²) in [6, 6.07) is 45.8. The molecule has 0 heterocycles. The number of benzene rings is 6. The second-order valence-corrected chi connectivity index (χ2v) is 29.7. The Labute approximate surface area is 583 Å². The molecule has 0 aromatic heterocycles. The molecule has 0 spiro atoms. The molecule has 0 fully saturated rings. The molecule has 6 aromatic carbocycles. The Morgan fingerprint density at radius 3 is 0.621 bits per heavy atom. The van der Waals surface area contributed by atoms with E-state index < -0.39 is 7.82 Å². The minimum atomic E-state index is -4.69. The van der Waals surface area contributed by atoms with Crippen LogP contribution in [0.15, 0.2) is 127 Å². The Morgan fingerprint density at radius 2 is 0.411 bits per heavy atom. The molecule has 6 aromatic rings. The van der Waals surface area contributed by atoms with Crippen molar-refractivity contribution < 1.29 is 18.1 Å². The molecule has 0 amide bonds. The number of phosphoric acid groups is 1. The third-order valence-corrected chi connectivity index (χ3v) is 21.4. The van der Waals surface area contributed by atoms with E-state index >= 15 is 4.57 Å². The van der Waals surface area contributed by atoms with Gasteiger partial charge < -0.3 is 13.6 Å². The van der Waals surface area contributed by atoms with Gasteiger partial charge >= 0.3 is 7.82 Å². The monoisotopic (exact) mass is 1310 g/mol. The van der Waals surface area contributed by atoms with Crippen LogP contribution in [0, 0.1) is 0 Å². The Kier molecular flexibility index (Phi) is 41.1. The quantitative estimate of drug-likeness (QED) is 0.0282. The van der Waals surface area contributed by atoms with Crippen LogP contribution in [0.2, 0.25) is 0 Å². The van der Waals surface area contributed by atoms with E-state index in [2.05, 4.69) is 169 Å². The van der Waals surface area contributed by atoms with E-state index in [1.54, 1.807) is 0 Å². The van der Waals surface area contributed by atoms with Crippen molar-refractivity contribution in [1.29, 1.82) is 0 Å². The molecule has 0 unspecified atom stereocenters. The zero-order valence-corrected chi connectivity index (χ0v) is 62.5. The highest BCUT2D eigenvalue weighted by atomic mass is 31.2. The highest BCUT2D eigenvalue weighted by molar-refractivity contribution is 7.49. The van der Waals surface area contributed by atoms with Gasteiger partial charge in [-0.05, 0) is 145 Å². The normalized spacial score (nSPS) is 11.6. The van der Waals surface area contributed by atoms with E-state index in [9.17, 15) is 0 Å². The molecule has 4 nitrogen and oxygen atoms in total. The number of rotatable bonds is 57. The first kappa shape index (κ1) is 78.9. The number of unbranched alkanes of at least 4 members (excludes halogenated alkanes) is 36. The largest absolute Gasteiger partial charge is 0.647 e. The van der Waals surface area contributed by atoms with Crippen molar-refractivity contribution in [3.8, 4) is 50.6 Å². The van der Waals surface area contributed by atoms with Crippen molar-refractivity contribution >= 4 is 7.82 Å². The maximum absolute atomic E-state index is 17.5. The second kappa shape index (κ2) is 49.5. The zero-order chi connectivity index (χ0) is 67.1. The molecule has 0 atom stereocenters. The lowest BCUT2D eigenvalue weighted by molar-refractivity contribution is 0.299. The summed E-state index contributed by atoms with van der Waals surface area (Å²) in [5.74, 6) is 1.67. The predicted octanol–water partition coefficient (Wildman–Crippen LogP) is 30.1. The van der Waals surface area contributed by atoms with Crippen molar-refractivity contribution in [3.63, 3.8) is 0 Å². The van der Waals surface area contributed by atoms with Gasteiger partial charge in [0.05, 0.1) is 0 Å². The summed E-state index contributed by atoms with van der Waals surface area (Å²) in [6.45, 7) is 13.8. The SMILES string of the molecule is CCCCCCCCCc1ccc(OP(=O)(Oc2ccc(CCCCCCCCC)c(CCCCCCCCC)c2-c2ccccc2)Oc2ccc(CCCCCCCCC)c(CCCCCCCCC)c2-c2ccccc2)c(-c2ccccc2)c1CCCCCCCCC. The Balaban J connectivity index is 1.57. The molecule has 6 rings (SSSR count). The van der Waals surface area contributed by atoms with Gasteiger partial charge in [0.25, 0.3) is 0 Å². The van der Waals surface area contributed by atoms with Gasteiger partial charge in [-0.15, -0.1) is 0 Å². The van der Waals surface area contributed by atoms with Crippen LogP contribution in [-0.2, 0) is 43.1 Å². The number of phosphoric ester groups is 1. The van der Waals surface area contributed by atoms with E-state index in [0.717, 1.165) is 110 Å². The first-order valence-electron chi connectivity index (χ1n) is 40.2. The van der Waals surface area contributed by atoms with Gasteiger partial charge in [-0.1, -0.05) is 382 Å². The van der Waals surface area contributed by atoms with E-state index in [1.807, 2.05) is 0 Å². The number of hydrogen-bond donors (Lipinski definition) is 0. The standard InChI is InChI=1S/C90H135O4P/c1-7-13-19-25-31-37-46-58-76-70-73-85(88(79-61-49-43-50-62-79)82(76)67-55-40-34-28-22-16-10-4)92-95(91,93-86-74-71-77(59-47-38-32-26-20-14-8-2)83(68-56-41-35-29-23-17-11-5)89(86)80-63-51-44-52-64-80)94-87-75-72-78(60-48-39-33-27-21-15-9-3)84(69-57-42-36-30-24-18-12-6)90(87)81-65-53-45-54-66-81/h43-45,49-54,61-66,70-75H,7-42,46-48,55-60,67-69H2,1-6H3. The third kappa shape index (κ3) is 29.5. The van der Waals surface area contributed by atoms with E-state index in [1.165, 1.54) is 265 Å². The van der Waals surface area contributed by atoms with Crippen LogP contribution in [0.3, 0.4) is 0 Å². The van der Waals surface area contributed by atoms with Crippen LogP contribution < -0.4 is 13.6 Å². The lowest BCUT2D eigenvalue weighted by atomic mass is 9.88. The lowest BCUT2D eigenvalue weighted by Gasteiger charge is -2.27. The number of aryl methyl sites for hydroxylation is 3. The maximum atomic E-state index is 17.5. The highest BCUT2D eigenvalue weighted by Crippen LogP contribution is 2.56. The molecule has 0 aliphatic rings. The summed E-state index contributed by atoms with van der Waals surface area (Å²) < 4.78 is 40.0. The number of hydrogen-bond acceptors (Lipinski definition) is 4. The fourth-order valence-corrected chi connectivity index (χ4v) is 15.9. The molecule has 0 aliphatic carbocycles. The van der Waals surface area contributed by atoms with Gasteiger partial charge in [0.15, 0.2) is 0 Å². The van der Waals surface area contributed by atoms with Gasteiger partial charge in [-0.25, -0.2) is 0 Å². The summed E-state index contributed by atoms with van der Waals surface area (Å²) in [5, 5.41) is 0. The van der Waals surface area contributed by atoms with E-state index in [0.29, 0.717) is 17.2 Å². The average molecular weight is 1310 g/mol. The average Bonchev–Trinajstić information content (AvgIpc) is 0.777. The third-order valence-electron chi connectivity index (χ3n) is 20.2. The topological polar surface area (TPSA) is 44.8 Å². The Hall–Kier alpha value is -5.05. The summed E-state index contributed by atoms with van der Waals surface area (Å²) in [4.78, 5) is 0. The van der Waals surface area contributed by atoms with Crippen LogP contribution in [0.1, 0.15) is 345 Å². The summed E-state index contributed by atoms with van der Waals surface area (Å²) in [5.41, 5.74) is 14.3. The molecule has 0 bridgehead atoms. The van der Waals surface area contributed by atoms with Crippen LogP contribution in [0.5, 0.6) is 17.2 Å². The molecule has 0 saturated heterocycles. The van der Waals surface area contributed by atoms with Gasteiger partial charge in [0, 0.05) is 16.7 Å². The Bertz CT molecular complexity index is 2630. The fourth-order valence-electron chi connectivity index (χ4n) is 14.6. The fraction of sp³-hybridized carbons (Fsp3) is 0.600. The van der Waals surface area contributed by atoms with Crippen molar-refractivity contribution in [2.24, 2.45) is 0 Å². The predicted molar refractivity (Wildman–Crippen MR) is 415 cm³/mol. The van der Waals surface area contributed by atoms with Gasteiger partial charge in [0.1, 0.15) is 17.2 Å². The van der Waals surface area contributed by atoms with Crippen molar-refractivity contribution in [2.45, 2.75) is 350 Å². The zero-order valence-electron chi connectivity index (χ0n) is 61.6. The molecule has 95 heavy (non-hydrogen) atoms. The lowest BCUT2D eigenvalue weighted by Crippen LogP contribution is -2.12. The van der Waals surface area contributed by atoms with Crippen molar-refractivity contribution in [3.05, 3.63) is 161 Å². The minimum Gasteiger partial charge on any atom is -0.385 e. The van der Waals surface area contributed by atoms with E-state index in [-0.39, 0.29) is 0 Å². The Morgan fingerprint density at radius 1 is 0.221 bits per heavy atom. The first-order valence-corrected chi connectivity index (χ1v) is 41.6. The molecule has 524 valence electrons. The van der Waals surface area contributed by atoms with Crippen LogP contribution in [-0.4, -0.2) is 0 Å². The molecular formula is C90H135O4P. The molecular weight excluding hydrogens is 1180 g/mol. The first-order chi connectivity index (χ1) is 46.9. The molecule has 0 saturated carbocycles. The minimum absolute atomic E-state index is 0.557. The second-order valence-electron chi connectivity index (χ2n) is 28.3. The summed E-state index contributed by atoms with van der Waals surface area (Å²) in [7, 11) is -4.69. The maximum Gasteiger partial charge on any atom is 0.647 e. The van der Waals surface area contributed by atoms with Gasteiger partial charge in [-0.2, -0.15) is 4.57 Å². The van der Waals surface area contributed by atoms with Crippen LogP contribution in [0.4, 0.5) is 0 Å². The van der Waals surface area contributed by atoms with Gasteiger partial charge in [-0.3, -0.25) is 0 Å². The molecule has 0 aliphatic heterocycles. The molecule has 0 N–H and O–H groups in total. The smallest absolute Gasteiger partial charge is 0.385 e. The van der Waals surface area contributed by atoms with Crippen molar-refractivity contribution in [1.82, 2.24) is 0 Å².